The third kappa shape index (κ3) is 4.67. The molecular weight excluding hydrogens is 316 g/mol. The number of nitrogens with two attached hydrogens (primary N) is 1. The Labute approximate surface area is 129 Å². The summed E-state index contributed by atoms with van der Waals surface area (Å²) in [6.07, 6.45) is 0. The minimum Gasteiger partial charge on any atom is -0.377 e. The zero-order valence-electron chi connectivity index (χ0n) is 12.4. The van der Waals surface area contributed by atoms with Crippen molar-refractivity contribution in [1.82, 2.24) is 5.32 Å². The number of carbonyl (C=O) groups is 1. The maximum Gasteiger partial charge on any atom is 0.251 e. The highest BCUT2D eigenvalue weighted by molar-refractivity contribution is 7.89. The molecule has 21 heavy (non-hydrogen) atoms. The van der Waals surface area contributed by atoms with Gasteiger partial charge >= 0.3 is 0 Å². The van der Waals surface area contributed by atoms with Crippen LogP contribution in [0.3, 0.4) is 0 Å². The van der Waals surface area contributed by atoms with Crippen LogP contribution in [-0.2, 0) is 14.8 Å². The number of nitrogens with one attached hydrogen (secondary N) is 1. The molecule has 0 aliphatic rings. The molecule has 0 saturated carbocycles. The highest BCUT2D eigenvalue weighted by Gasteiger charge is 2.21. The molecule has 0 aliphatic heterocycles. The lowest BCUT2D eigenvalue weighted by Crippen LogP contribution is -2.40. The quantitative estimate of drug-likeness (QED) is 0.851. The molecule has 0 spiro atoms. The van der Waals surface area contributed by atoms with Crippen molar-refractivity contribution < 1.29 is 17.9 Å². The summed E-state index contributed by atoms with van der Waals surface area (Å²) in [5, 5.41) is 7.91. The number of halogens is 1. The first-order valence-electron chi connectivity index (χ1n) is 6.14. The predicted octanol–water partition coefficient (Wildman–Crippen LogP) is 1.45. The minimum absolute atomic E-state index is 0.165. The molecule has 0 bridgehead atoms. The molecule has 0 fully saturated rings. The third-order valence-electron chi connectivity index (χ3n) is 3.12. The molecule has 1 aromatic rings. The summed E-state index contributed by atoms with van der Waals surface area (Å²) in [6, 6.07) is 2.44. The average molecular weight is 335 g/mol. The minimum atomic E-state index is -3.94. The Morgan fingerprint density at radius 3 is 2.48 bits per heavy atom. The van der Waals surface area contributed by atoms with E-state index in [2.05, 4.69) is 5.32 Å². The fraction of sp³-hybridized carbons (Fsp3) is 0.462. The molecule has 6 nitrogen and oxygen atoms in total. The van der Waals surface area contributed by atoms with Crippen molar-refractivity contribution >= 4 is 27.5 Å². The van der Waals surface area contributed by atoms with Gasteiger partial charge in [0.15, 0.2) is 0 Å². The summed E-state index contributed by atoms with van der Waals surface area (Å²) in [5.41, 5.74) is 0.112. The number of hydrogen-bond acceptors (Lipinski definition) is 4. The summed E-state index contributed by atoms with van der Waals surface area (Å²) in [7, 11) is -2.40. The van der Waals surface area contributed by atoms with Crippen molar-refractivity contribution in [3.63, 3.8) is 0 Å². The van der Waals surface area contributed by atoms with Crippen LogP contribution < -0.4 is 10.5 Å². The lowest BCUT2D eigenvalue weighted by atomic mass is 10.1. The molecule has 0 heterocycles. The summed E-state index contributed by atoms with van der Waals surface area (Å²) >= 11 is 5.96. The number of amides is 1. The first-order valence-corrected chi connectivity index (χ1v) is 8.06. The lowest BCUT2D eigenvalue weighted by molar-refractivity contribution is 0.0228. The van der Waals surface area contributed by atoms with Crippen LogP contribution in [0.2, 0.25) is 5.02 Å². The lowest BCUT2D eigenvalue weighted by Gasteiger charge is -2.23. The first kappa shape index (κ1) is 17.9. The second-order valence-electron chi connectivity index (χ2n) is 5.27. The molecule has 0 unspecified atom stereocenters. The molecule has 0 aromatic heterocycles. The number of primary sulfonamides is 1. The molecule has 1 rings (SSSR count). The normalized spacial score (nSPS) is 12.3. The van der Waals surface area contributed by atoms with Gasteiger partial charge in [-0.05, 0) is 38.5 Å². The van der Waals surface area contributed by atoms with E-state index in [1.165, 1.54) is 19.2 Å². The highest BCUT2D eigenvalue weighted by atomic mass is 35.5. The Morgan fingerprint density at radius 1 is 1.43 bits per heavy atom. The maximum absolute atomic E-state index is 12.2. The summed E-state index contributed by atoms with van der Waals surface area (Å²) in [4.78, 5) is 12.0. The molecule has 0 radical (unpaired) electrons. The number of ether oxygens (including phenoxy) is 1. The van der Waals surface area contributed by atoms with E-state index < -0.39 is 21.5 Å². The van der Waals surface area contributed by atoms with Crippen molar-refractivity contribution in [1.29, 1.82) is 0 Å². The van der Waals surface area contributed by atoms with Gasteiger partial charge in [-0.1, -0.05) is 11.6 Å². The van der Waals surface area contributed by atoms with Crippen molar-refractivity contribution in [3.05, 3.63) is 28.3 Å². The maximum atomic E-state index is 12.2. The molecule has 1 amide bonds. The van der Waals surface area contributed by atoms with Gasteiger partial charge in [0.05, 0.1) is 10.5 Å². The number of hydrogen-bond donors (Lipinski definition) is 2. The number of sulfonamides is 1. The molecule has 0 aliphatic carbocycles. The van der Waals surface area contributed by atoms with E-state index in [0.29, 0.717) is 5.56 Å². The Kier molecular flexibility index (Phi) is 5.38. The van der Waals surface area contributed by atoms with E-state index in [9.17, 15) is 13.2 Å². The molecule has 3 N–H and O–H groups in total. The number of benzene rings is 1. The number of rotatable bonds is 5. The van der Waals surface area contributed by atoms with Crippen LogP contribution in [0, 0.1) is 6.92 Å². The Morgan fingerprint density at radius 2 is 2.00 bits per heavy atom. The zero-order chi connectivity index (χ0) is 16.4. The Bertz CT molecular complexity index is 656. The topological polar surface area (TPSA) is 98.5 Å². The van der Waals surface area contributed by atoms with E-state index in [4.69, 9.17) is 21.5 Å². The molecule has 0 atom stereocenters. The summed E-state index contributed by atoms with van der Waals surface area (Å²) < 4.78 is 28.0. The number of carbonyl (C=O) groups excluding carboxylic acids is 1. The van der Waals surface area contributed by atoms with Gasteiger partial charge in [0.25, 0.3) is 5.91 Å². The van der Waals surface area contributed by atoms with Gasteiger partial charge in [0, 0.05) is 24.2 Å². The van der Waals surface area contributed by atoms with Crippen LogP contribution in [0.25, 0.3) is 0 Å². The van der Waals surface area contributed by atoms with Gasteiger partial charge in [-0.25, -0.2) is 13.6 Å². The highest BCUT2D eigenvalue weighted by Crippen LogP contribution is 2.24. The monoisotopic (exact) mass is 334 g/mol. The second-order valence-corrected chi connectivity index (χ2v) is 7.24. The van der Waals surface area contributed by atoms with Gasteiger partial charge in [0.1, 0.15) is 0 Å². The molecular formula is C13H19ClN2O4S. The average Bonchev–Trinajstić information content (AvgIpc) is 2.38. The SMILES string of the molecule is COC(C)(C)CNC(=O)c1cc(S(N)(=O)=O)cc(Cl)c1C. The van der Waals surface area contributed by atoms with Crippen LogP contribution in [0.1, 0.15) is 29.8 Å². The molecule has 1 aromatic carbocycles. The van der Waals surface area contributed by atoms with Crippen LogP contribution in [0.15, 0.2) is 17.0 Å². The fourth-order valence-electron chi connectivity index (χ4n) is 1.51. The standard InChI is InChI=1S/C13H19ClN2O4S/c1-8-10(12(17)16-7-13(2,3)20-4)5-9(6-11(8)14)21(15,18)19/h5-6H,7H2,1-4H3,(H,16,17)(H2,15,18,19). The van der Waals surface area contributed by atoms with Gasteiger partial charge in [-0.3, -0.25) is 4.79 Å². The molecule has 0 saturated heterocycles. The Hall–Kier alpha value is -1.15. The van der Waals surface area contributed by atoms with Crippen molar-refractivity contribution in [2.24, 2.45) is 5.14 Å². The number of methoxy groups -OCH3 is 1. The van der Waals surface area contributed by atoms with Crippen molar-refractivity contribution in [3.8, 4) is 0 Å². The van der Waals surface area contributed by atoms with Crippen LogP contribution >= 0.6 is 11.6 Å². The van der Waals surface area contributed by atoms with Crippen LogP contribution in [-0.4, -0.2) is 33.6 Å². The van der Waals surface area contributed by atoms with E-state index in [1.54, 1.807) is 6.92 Å². The zero-order valence-corrected chi connectivity index (χ0v) is 13.9. The third-order valence-corrected chi connectivity index (χ3v) is 4.40. The fourth-order valence-corrected chi connectivity index (χ4v) is 2.36. The van der Waals surface area contributed by atoms with E-state index in [-0.39, 0.29) is 22.0 Å². The van der Waals surface area contributed by atoms with Crippen LogP contribution in [0.4, 0.5) is 0 Å². The molecule has 118 valence electrons. The summed E-state index contributed by atoms with van der Waals surface area (Å²) in [5.74, 6) is -0.440. The van der Waals surface area contributed by atoms with Gasteiger partial charge in [-0.2, -0.15) is 0 Å². The van der Waals surface area contributed by atoms with Crippen LogP contribution in [0.5, 0.6) is 0 Å². The summed E-state index contributed by atoms with van der Waals surface area (Å²) in [6.45, 7) is 5.52. The predicted molar refractivity (Wildman–Crippen MR) is 81.0 cm³/mol. The van der Waals surface area contributed by atoms with Crippen molar-refractivity contribution in [2.75, 3.05) is 13.7 Å². The van der Waals surface area contributed by atoms with E-state index in [0.717, 1.165) is 0 Å². The largest absolute Gasteiger partial charge is 0.377 e. The smallest absolute Gasteiger partial charge is 0.251 e. The Balaban J connectivity index is 3.13. The van der Waals surface area contributed by atoms with Gasteiger partial charge < -0.3 is 10.1 Å². The van der Waals surface area contributed by atoms with Gasteiger partial charge in [0.2, 0.25) is 10.0 Å². The van der Waals surface area contributed by atoms with E-state index >= 15 is 0 Å². The molecule has 8 heteroatoms. The van der Waals surface area contributed by atoms with Gasteiger partial charge in [-0.15, -0.1) is 0 Å². The first-order chi connectivity index (χ1) is 9.48. The van der Waals surface area contributed by atoms with Crippen molar-refractivity contribution in [2.45, 2.75) is 31.3 Å². The second kappa shape index (κ2) is 6.31. The van der Waals surface area contributed by atoms with E-state index in [1.807, 2.05) is 13.8 Å².